The molecule has 120 valence electrons. The van der Waals surface area contributed by atoms with Gasteiger partial charge in [-0.1, -0.05) is 26.0 Å². The largest absolute Gasteiger partial charge is 0.399 e. The van der Waals surface area contributed by atoms with Crippen molar-refractivity contribution in [2.75, 3.05) is 17.7 Å². The lowest BCUT2D eigenvalue weighted by molar-refractivity contribution is 0.249. The van der Waals surface area contributed by atoms with Gasteiger partial charge in [0.2, 0.25) is 0 Å². The van der Waals surface area contributed by atoms with Crippen LogP contribution in [0.4, 0.5) is 11.5 Å². The highest BCUT2D eigenvalue weighted by atomic mass is 16.3. The Morgan fingerprint density at radius 1 is 1.35 bits per heavy atom. The molecule has 1 atom stereocenters. The summed E-state index contributed by atoms with van der Waals surface area (Å²) in [5.74, 6) is 0.926. The van der Waals surface area contributed by atoms with E-state index in [1.807, 2.05) is 41.1 Å². The van der Waals surface area contributed by atoms with Crippen molar-refractivity contribution >= 4 is 17.2 Å². The van der Waals surface area contributed by atoms with Gasteiger partial charge in [0.1, 0.15) is 0 Å². The minimum absolute atomic E-state index is 0.0364. The highest BCUT2D eigenvalue weighted by molar-refractivity contribution is 5.71. The average Bonchev–Trinajstić information content (AvgIpc) is 3.00. The van der Waals surface area contributed by atoms with E-state index < -0.39 is 0 Å². The number of benzene rings is 1. The first-order chi connectivity index (χ1) is 11.1. The molecule has 1 aromatic carbocycles. The Hall–Kier alpha value is -2.60. The topological polar surface area (TPSA) is 88.5 Å². The van der Waals surface area contributed by atoms with E-state index in [4.69, 9.17) is 10.7 Å². The van der Waals surface area contributed by atoms with Crippen LogP contribution >= 0.6 is 0 Å². The van der Waals surface area contributed by atoms with Crippen molar-refractivity contribution in [1.82, 2.24) is 14.4 Å². The Morgan fingerprint density at radius 3 is 2.87 bits per heavy atom. The lowest BCUT2D eigenvalue weighted by atomic mass is 10.1. The second-order valence-electron chi connectivity index (χ2n) is 5.94. The van der Waals surface area contributed by atoms with E-state index in [0.29, 0.717) is 11.5 Å². The zero-order valence-electron chi connectivity index (χ0n) is 13.3. The van der Waals surface area contributed by atoms with Crippen LogP contribution in [-0.4, -0.2) is 32.1 Å². The van der Waals surface area contributed by atoms with Gasteiger partial charge in [0, 0.05) is 29.8 Å². The number of rotatable bonds is 5. The maximum Gasteiger partial charge on any atom is 0.180 e. The van der Waals surface area contributed by atoms with Crippen LogP contribution in [0.2, 0.25) is 0 Å². The molecular weight excluding hydrogens is 290 g/mol. The fourth-order valence-electron chi connectivity index (χ4n) is 2.46. The summed E-state index contributed by atoms with van der Waals surface area (Å²) in [6, 6.07) is 7.53. The number of anilines is 2. The second-order valence-corrected chi connectivity index (χ2v) is 5.94. The minimum atomic E-state index is -0.0842. The lowest BCUT2D eigenvalue weighted by Crippen LogP contribution is -2.30. The number of hydrogen-bond acceptors (Lipinski definition) is 5. The summed E-state index contributed by atoms with van der Waals surface area (Å²) in [5, 5.41) is 12.9. The van der Waals surface area contributed by atoms with Crippen LogP contribution in [0, 0.1) is 5.92 Å². The molecule has 0 aliphatic heterocycles. The Labute approximate surface area is 135 Å². The van der Waals surface area contributed by atoms with Crippen molar-refractivity contribution in [3.05, 3.63) is 42.9 Å². The third-order valence-electron chi connectivity index (χ3n) is 3.88. The monoisotopic (exact) mass is 311 g/mol. The van der Waals surface area contributed by atoms with Gasteiger partial charge < -0.3 is 20.6 Å². The summed E-state index contributed by atoms with van der Waals surface area (Å²) in [6.07, 6.45) is 5.53. The zero-order chi connectivity index (χ0) is 16.4. The Bertz CT molecular complexity index is 812. The molecule has 6 heteroatoms. The van der Waals surface area contributed by atoms with Crippen LogP contribution in [0.25, 0.3) is 16.9 Å². The maximum atomic E-state index is 9.57. The van der Waals surface area contributed by atoms with Gasteiger partial charge >= 0.3 is 0 Å². The molecule has 0 bridgehead atoms. The fraction of sp³-hybridized carbons (Fsp3) is 0.294. The molecule has 0 amide bonds. The number of aliphatic hydroxyl groups is 1. The van der Waals surface area contributed by atoms with Gasteiger partial charge in [0.25, 0.3) is 0 Å². The van der Waals surface area contributed by atoms with Crippen LogP contribution in [0.3, 0.4) is 0 Å². The van der Waals surface area contributed by atoms with E-state index in [-0.39, 0.29) is 18.6 Å². The summed E-state index contributed by atoms with van der Waals surface area (Å²) >= 11 is 0. The Balaban J connectivity index is 2.08. The molecular formula is C17H21N5O. The first kappa shape index (κ1) is 15.3. The van der Waals surface area contributed by atoms with E-state index in [1.54, 1.807) is 6.20 Å². The number of aliphatic hydroxyl groups excluding tert-OH is 1. The van der Waals surface area contributed by atoms with Crippen molar-refractivity contribution in [2.45, 2.75) is 19.9 Å². The van der Waals surface area contributed by atoms with Crippen LogP contribution < -0.4 is 11.1 Å². The molecule has 0 unspecified atom stereocenters. The standard InChI is InChI=1S/C17H21N5O/c1-11(2)15(10-23)21-16-17-19-6-7-22(17)9-14(20-16)12-4-3-5-13(18)8-12/h3-9,11,15,23H,10,18H2,1-2H3,(H,20,21)/t15-/m0/s1. The summed E-state index contributed by atoms with van der Waals surface area (Å²) in [4.78, 5) is 9.04. The van der Waals surface area contributed by atoms with Gasteiger partial charge in [-0.3, -0.25) is 0 Å². The van der Waals surface area contributed by atoms with Gasteiger partial charge in [-0.2, -0.15) is 0 Å². The van der Waals surface area contributed by atoms with Gasteiger partial charge in [0.05, 0.1) is 18.3 Å². The molecule has 23 heavy (non-hydrogen) atoms. The summed E-state index contributed by atoms with van der Waals surface area (Å²) in [7, 11) is 0. The minimum Gasteiger partial charge on any atom is -0.399 e. The second kappa shape index (κ2) is 6.26. The number of nitrogens with zero attached hydrogens (tertiary/aromatic N) is 3. The van der Waals surface area contributed by atoms with Gasteiger partial charge in [0.15, 0.2) is 11.5 Å². The number of aromatic nitrogens is 3. The number of fused-ring (bicyclic) bond motifs is 1. The SMILES string of the molecule is CC(C)[C@H](CO)Nc1nc(-c2cccc(N)c2)cn2ccnc12. The highest BCUT2D eigenvalue weighted by Gasteiger charge is 2.16. The predicted octanol–water partition coefficient (Wildman–Crippen LogP) is 2.41. The van der Waals surface area contributed by atoms with E-state index in [1.165, 1.54) is 0 Å². The Morgan fingerprint density at radius 2 is 2.17 bits per heavy atom. The van der Waals surface area contributed by atoms with Gasteiger partial charge in [-0.15, -0.1) is 0 Å². The van der Waals surface area contributed by atoms with Crippen molar-refractivity contribution in [1.29, 1.82) is 0 Å². The normalized spacial score (nSPS) is 12.7. The quantitative estimate of drug-likeness (QED) is 0.630. The molecule has 0 fully saturated rings. The molecule has 6 nitrogen and oxygen atoms in total. The number of nitrogens with two attached hydrogens (primary N) is 1. The van der Waals surface area contributed by atoms with Crippen LogP contribution in [-0.2, 0) is 0 Å². The van der Waals surface area contributed by atoms with E-state index in [2.05, 4.69) is 24.1 Å². The predicted molar refractivity (Wildman–Crippen MR) is 92.2 cm³/mol. The van der Waals surface area contributed by atoms with Gasteiger partial charge in [-0.05, 0) is 18.1 Å². The van der Waals surface area contributed by atoms with Crippen LogP contribution in [0.5, 0.6) is 0 Å². The number of nitrogen functional groups attached to an aromatic ring is 1. The first-order valence-electron chi connectivity index (χ1n) is 7.65. The number of nitrogens with one attached hydrogen (secondary N) is 1. The Kier molecular flexibility index (Phi) is 4.16. The first-order valence-corrected chi connectivity index (χ1v) is 7.65. The molecule has 0 saturated heterocycles. The average molecular weight is 311 g/mol. The summed E-state index contributed by atoms with van der Waals surface area (Å²) in [5.41, 5.74) is 9.04. The lowest BCUT2D eigenvalue weighted by Gasteiger charge is -2.21. The molecule has 0 spiro atoms. The van der Waals surface area contributed by atoms with Crippen molar-refractivity contribution in [3.63, 3.8) is 0 Å². The fourth-order valence-corrected chi connectivity index (χ4v) is 2.46. The van der Waals surface area contributed by atoms with Crippen molar-refractivity contribution in [2.24, 2.45) is 5.92 Å². The molecule has 0 aliphatic rings. The molecule has 3 rings (SSSR count). The van der Waals surface area contributed by atoms with E-state index in [9.17, 15) is 5.11 Å². The summed E-state index contributed by atoms with van der Waals surface area (Å²) < 4.78 is 1.92. The zero-order valence-corrected chi connectivity index (χ0v) is 13.3. The smallest absolute Gasteiger partial charge is 0.180 e. The molecule has 2 aromatic heterocycles. The van der Waals surface area contributed by atoms with E-state index in [0.717, 1.165) is 16.9 Å². The van der Waals surface area contributed by atoms with Gasteiger partial charge in [-0.25, -0.2) is 9.97 Å². The third kappa shape index (κ3) is 3.12. The molecule has 2 heterocycles. The third-order valence-corrected chi connectivity index (χ3v) is 3.88. The van der Waals surface area contributed by atoms with Crippen LogP contribution in [0.15, 0.2) is 42.9 Å². The van der Waals surface area contributed by atoms with Crippen LogP contribution in [0.1, 0.15) is 13.8 Å². The number of hydrogen-bond donors (Lipinski definition) is 3. The molecule has 0 aliphatic carbocycles. The van der Waals surface area contributed by atoms with Crippen molar-refractivity contribution < 1.29 is 5.11 Å². The molecule has 0 radical (unpaired) electrons. The maximum absolute atomic E-state index is 9.57. The molecule has 0 saturated carbocycles. The molecule has 3 aromatic rings. The van der Waals surface area contributed by atoms with Crippen molar-refractivity contribution in [3.8, 4) is 11.3 Å². The number of imidazole rings is 1. The highest BCUT2D eigenvalue weighted by Crippen LogP contribution is 2.24. The van der Waals surface area contributed by atoms with E-state index >= 15 is 0 Å². The molecule has 4 N–H and O–H groups in total. The summed E-state index contributed by atoms with van der Waals surface area (Å²) in [6.45, 7) is 4.14.